The quantitative estimate of drug-likeness (QED) is 0.496. The lowest BCUT2D eigenvalue weighted by atomic mass is 10.2. The first-order chi connectivity index (χ1) is 4.20. The maximum absolute atomic E-state index is 10.8. The van der Waals surface area contributed by atoms with Gasteiger partial charge in [-0.3, -0.25) is 4.79 Å². The van der Waals surface area contributed by atoms with Gasteiger partial charge in [0.05, 0.1) is 6.61 Å². The number of nitrogens with one attached hydrogen (secondary N) is 1. The van der Waals surface area contributed by atoms with Gasteiger partial charge >= 0.3 is 0 Å². The molecule has 0 aromatic carbocycles. The molecule has 2 atom stereocenters. The number of amides is 1. The Labute approximate surface area is 54.4 Å². The fourth-order valence-corrected chi connectivity index (χ4v) is 0.766. The standard InChI is InChI=1S/C6H11NO2/c1-4-3-9-5(2)6(8)7-4/h4-5H,3H2,1-2H3,(H,7,8). The number of rotatable bonds is 0. The van der Waals surface area contributed by atoms with Gasteiger partial charge in [0.15, 0.2) is 0 Å². The van der Waals surface area contributed by atoms with Crippen LogP contribution in [0.15, 0.2) is 0 Å². The zero-order chi connectivity index (χ0) is 6.85. The molecule has 1 aliphatic heterocycles. The van der Waals surface area contributed by atoms with E-state index in [1.165, 1.54) is 0 Å². The molecule has 3 nitrogen and oxygen atoms in total. The monoisotopic (exact) mass is 129 g/mol. The van der Waals surface area contributed by atoms with Crippen LogP contribution in [0.2, 0.25) is 0 Å². The van der Waals surface area contributed by atoms with E-state index in [2.05, 4.69) is 5.32 Å². The van der Waals surface area contributed by atoms with Crippen molar-refractivity contribution in [1.82, 2.24) is 5.32 Å². The van der Waals surface area contributed by atoms with Crippen molar-refractivity contribution in [2.24, 2.45) is 0 Å². The highest BCUT2D eigenvalue weighted by atomic mass is 16.5. The van der Waals surface area contributed by atoms with Crippen molar-refractivity contribution in [2.45, 2.75) is 26.0 Å². The summed E-state index contributed by atoms with van der Waals surface area (Å²) in [6.07, 6.45) is -0.263. The molecule has 1 aliphatic rings. The van der Waals surface area contributed by atoms with Gasteiger partial charge in [0.1, 0.15) is 6.10 Å². The highest BCUT2D eigenvalue weighted by molar-refractivity contribution is 5.81. The van der Waals surface area contributed by atoms with Crippen LogP contribution in [0.3, 0.4) is 0 Å². The molecule has 1 fully saturated rings. The molecule has 1 saturated heterocycles. The molecule has 3 heteroatoms. The predicted octanol–water partition coefficient (Wildman–Crippen LogP) is -0.0902. The van der Waals surface area contributed by atoms with Crippen LogP contribution < -0.4 is 5.32 Å². The maximum atomic E-state index is 10.8. The summed E-state index contributed by atoms with van der Waals surface area (Å²) in [6, 6.07) is 0.175. The second-order valence-corrected chi connectivity index (χ2v) is 2.39. The molecular formula is C6H11NO2. The van der Waals surface area contributed by atoms with Crippen LogP contribution >= 0.6 is 0 Å². The van der Waals surface area contributed by atoms with Crippen LogP contribution in [0.25, 0.3) is 0 Å². The molecule has 1 heterocycles. The summed E-state index contributed by atoms with van der Waals surface area (Å²) < 4.78 is 5.09. The molecule has 0 aliphatic carbocycles. The highest BCUT2D eigenvalue weighted by Crippen LogP contribution is 1.99. The van der Waals surface area contributed by atoms with Crippen molar-refractivity contribution in [3.05, 3.63) is 0 Å². The molecular weight excluding hydrogens is 118 g/mol. The van der Waals surface area contributed by atoms with Gasteiger partial charge in [-0.1, -0.05) is 0 Å². The lowest BCUT2D eigenvalue weighted by Gasteiger charge is -2.24. The summed E-state index contributed by atoms with van der Waals surface area (Å²) in [5, 5.41) is 2.77. The molecule has 0 saturated carbocycles. The number of hydrogen-bond donors (Lipinski definition) is 1. The first-order valence-electron chi connectivity index (χ1n) is 3.12. The largest absolute Gasteiger partial charge is 0.367 e. The Balaban J connectivity index is 2.44. The number of morpholine rings is 1. The number of hydrogen-bond acceptors (Lipinski definition) is 2. The summed E-state index contributed by atoms with van der Waals surface area (Å²) >= 11 is 0. The van der Waals surface area contributed by atoms with E-state index in [1.807, 2.05) is 6.92 Å². The second-order valence-electron chi connectivity index (χ2n) is 2.39. The van der Waals surface area contributed by atoms with Crippen molar-refractivity contribution in [3.63, 3.8) is 0 Å². The Morgan fingerprint density at radius 2 is 2.33 bits per heavy atom. The molecule has 9 heavy (non-hydrogen) atoms. The topological polar surface area (TPSA) is 38.3 Å². The zero-order valence-electron chi connectivity index (χ0n) is 5.68. The Kier molecular flexibility index (Phi) is 1.71. The number of carbonyl (C=O) groups is 1. The molecule has 0 spiro atoms. The van der Waals surface area contributed by atoms with Gasteiger partial charge in [0.25, 0.3) is 0 Å². The summed E-state index contributed by atoms with van der Waals surface area (Å²) in [5.74, 6) is -0.00579. The molecule has 1 rings (SSSR count). The smallest absolute Gasteiger partial charge is 0.249 e. The van der Waals surface area contributed by atoms with E-state index in [1.54, 1.807) is 6.92 Å². The van der Waals surface area contributed by atoms with E-state index >= 15 is 0 Å². The van der Waals surface area contributed by atoms with Gasteiger partial charge in [-0.15, -0.1) is 0 Å². The lowest BCUT2D eigenvalue weighted by molar-refractivity contribution is -0.138. The van der Waals surface area contributed by atoms with E-state index in [0.717, 1.165) is 0 Å². The molecule has 0 aromatic heterocycles. The highest BCUT2D eigenvalue weighted by Gasteiger charge is 2.21. The van der Waals surface area contributed by atoms with Crippen LogP contribution in [0.4, 0.5) is 0 Å². The predicted molar refractivity (Wildman–Crippen MR) is 33.0 cm³/mol. The average Bonchev–Trinajstić information content (AvgIpc) is 1.80. The normalized spacial score (nSPS) is 36.0. The first-order valence-corrected chi connectivity index (χ1v) is 3.12. The molecule has 0 bridgehead atoms. The maximum Gasteiger partial charge on any atom is 0.249 e. The molecule has 0 radical (unpaired) electrons. The molecule has 2 unspecified atom stereocenters. The Bertz CT molecular complexity index is 124. The minimum atomic E-state index is -0.263. The van der Waals surface area contributed by atoms with Crippen LogP contribution in [-0.2, 0) is 9.53 Å². The number of carbonyl (C=O) groups excluding carboxylic acids is 1. The van der Waals surface area contributed by atoms with Gasteiger partial charge in [0, 0.05) is 6.04 Å². The van der Waals surface area contributed by atoms with Gasteiger partial charge in [-0.05, 0) is 13.8 Å². The minimum absolute atomic E-state index is 0.00579. The van der Waals surface area contributed by atoms with E-state index in [4.69, 9.17) is 4.74 Å². The SMILES string of the molecule is CC1COC(C)C(=O)N1. The van der Waals surface area contributed by atoms with Gasteiger partial charge in [-0.25, -0.2) is 0 Å². The van der Waals surface area contributed by atoms with Crippen molar-refractivity contribution in [1.29, 1.82) is 0 Å². The van der Waals surface area contributed by atoms with E-state index in [9.17, 15) is 4.79 Å². The Morgan fingerprint density at radius 1 is 1.67 bits per heavy atom. The van der Waals surface area contributed by atoms with Gasteiger partial charge in [-0.2, -0.15) is 0 Å². The van der Waals surface area contributed by atoms with Gasteiger partial charge in [0.2, 0.25) is 5.91 Å². The zero-order valence-corrected chi connectivity index (χ0v) is 5.68. The second kappa shape index (κ2) is 2.35. The van der Waals surface area contributed by atoms with Crippen molar-refractivity contribution in [2.75, 3.05) is 6.61 Å². The van der Waals surface area contributed by atoms with Gasteiger partial charge < -0.3 is 10.1 Å². The summed E-state index contributed by atoms with van der Waals surface area (Å²) in [7, 11) is 0. The summed E-state index contributed by atoms with van der Waals surface area (Å²) in [4.78, 5) is 10.8. The Hall–Kier alpha value is -0.570. The summed E-state index contributed by atoms with van der Waals surface area (Å²) in [6.45, 7) is 4.30. The number of ether oxygens (including phenoxy) is 1. The molecule has 1 amide bonds. The van der Waals surface area contributed by atoms with Crippen LogP contribution in [0.5, 0.6) is 0 Å². The first kappa shape index (κ1) is 6.55. The molecule has 1 N–H and O–H groups in total. The van der Waals surface area contributed by atoms with Crippen molar-refractivity contribution < 1.29 is 9.53 Å². The minimum Gasteiger partial charge on any atom is -0.367 e. The van der Waals surface area contributed by atoms with Crippen molar-refractivity contribution >= 4 is 5.91 Å². The van der Waals surface area contributed by atoms with Crippen LogP contribution in [-0.4, -0.2) is 24.7 Å². The van der Waals surface area contributed by atoms with Crippen molar-refractivity contribution in [3.8, 4) is 0 Å². The lowest BCUT2D eigenvalue weighted by Crippen LogP contribution is -2.48. The third-order valence-electron chi connectivity index (χ3n) is 1.35. The Morgan fingerprint density at radius 3 is 2.78 bits per heavy atom. The van der Waals surface area contributed by atoms with E-state index in [0.29, 0.717) is 6.61 Å². The fourth-order valence-electron chi connectivity index (χ4n) is 0.766. The molecule has 52 valence electrons. The van der Waals surface area contributed by atoms with Crippen LogP contribution in [0.1, 0.15) is 13.8 Å². The molecule has 0 aromatic rings. The fraction of sp³-hybridized carbons (Fsp3) is 0.833. The van der Waals surface area contributed by atoms with E-state index < -0.39 is 0 Å². The van der Waals surface area contributed by atoms with E-state index in [-0.39, 0.29) is 18.1 Å². The third-order valence-corrected chi connectivity index (χ3v) is 1.35. The average molecular weight is 129 g/mol. The summed E-state index contributed by atoms with van der Waals surface area (Å²) in [5.41, 5.74) is 0. The third kappa shape index (κ3) is 1.42. The van der Waals surface area contributed by atoms with Crippen LogP contribution in [0, 0.1) is 0 Å².